The predicted octanol–water partition coefficient (Wildman–Crippen LogP) is 10.9. The minimum absolute atomic E-state index is 0.381. The van der Waals surface area contributed by atoms with Gasteiger partial charge in [-0.1, -0.05) is 146 Å². The summed E-state index contributed by atoms with van der Waals surface area (Å²) in [6.45, 7) is 0. The largest absolute Gasteiger partial charge is 0.336 e. The maximum atomic E-state index is 8.96. The zero-order valence-corrected chi connectivity index (χ0v) is 28.5. The van der Waals surface area contributed by atoms with Gasteiger partial charge in [-0.25, -0.2) is 19.9 Å². The van der Waals surface area contributed by atoms with Gasteiger partial charge in [-0.15, -0.1) is 0 Å². The topological polar surface area (TPSA) is 86.9 Å². The molecule has 1 aromatic heterocycles. The van der Waals surface area contributed by atoms with E-state index in [9.17, 15) is 0 Å². The van der Waals surface area contributed by atoms with Gasteiger partial charge in [0.25, 0.3) is 0 Å². The first-order valence-corrected chi connectivity index (χ1v) is 17.6. The molecule has 0 amide bonds. The van der Waals surface area contributed by atoms with Crippen LogP contribution in [0, 0.1) is 5.41 Å². The van der Waals surface area contributed by atoms with Crippen molar-refractivity contribution in [2.24, 2.45) is 4.99 Å². The van der Waals surface area contributed by atoms with Crippen LogP contribution in [0.1, 0.15) is 17.0 Å². The van der Waals surface area contributed by atoms with Crippen LogP contribution < -0.4 is 5.32 Å². The van der Waals surface area contributed by atoms with E-state index in [0.717, 1.165) is 66.0 Å². The van der Waals surface area contributed by atoms with Crippen LogP contribution in [0.3, 0.4) is 0 Å². The van der Waals surface area contributed by atoms with E-state index in [4.69, 9.17) is 25.4 Å². The van der Waals surface area contributed by atoms with Gasteiger partial charge >= 0.3 is 0 Å². The first-order chi connectivity index (χ1) is 26.2. The number of hydrogen-bond donors (Lipinski definition) is 2. The molecule has 0 unspecified atom stereocenters. The normalized spacial score (nSPS) is 13.3. The van der Waals surface area contributed by atoms with E-state index in [1.54, 1.807) is 0 Å². The van der Waals surface area contributed by atoms with Crippen LogP contribution in [0.15, 0.2) is 175 Å². The van der Waals surface area contributed by atoms with Crippen molar-refractivity contribution in [1.29, 1.82) is 5.41 Å². The number of allylic oxidation sites excluding steroid dienone is 1. The first kappa shape index (κ1) is 30.5. The third-order valence-electron chi connectivity index (χ3n) is 9.92. The van der Waals surface area contributed by atoms with Crippen LogP contribution in [-0.4, -0.2) is 26.5 Å². The zero-order valence-electron chi connectivity index (χ0n) is 28.5. The average Bonchev–Trinajstić information content (AvgIpc) is 3.23. The molecule has 1 aliphatic heterocycles. The highest BCUT2D eigenvalue weighted by Gasteiger charge is 2.24. The second-order valence-corrected chi connectivity index (χ2v) is 13.1. The summed E-state index contributed by atoms with van der Waals surface area (Å²) in [7, 11) is 0. The SMILES string of the molecule is N=C(/C=C1\NC(c2nc(-c3cc4ccccc4c4ccccc34)nc(-c3cc4ccccc4c4ccccc34)n2)=Nc2ccccc21)c1ccccc1. The fourth-order valence-corrected chi connectivity index (χ4v) is 7.41. The number of aromatic nitrogens is 3. The summed E-state index contributed by atoms with van der Waals surface area (Å²) in [6.07, 6.45) is 1.85. The van der Waals surface area contributed by atoms with Crippen molar-refractivity contribution in [2.75, 3.05) is 0 Å². The molecule has 2 heterocycles. The van der Waals surface area contributed by atoms with E-state index in [-0.39, 0.29) is 0 Å². The summed E-state index contributed by atoms with van der Waals surface area (Å²) in [5.74, 6) is 1.99. The molecule has 0 atom stereocenters. The Hall–Kier alpha value is -7.31. The predicted molar refractivity (Wildman–Crippen MR) is 218 cm³/mol. The Morgan fingerprint density at radius 1 is 0.453 bits per heavy atom. The standard InChI is InChI=1S/C47H30N6/c48-41(29-14-2-1-3-15-29)28-43-38-24-12-13-25-42(38)49-46(50-43)47-52-44(39-26-30-16-4-6-18-32(30)34-20-8-10-22-36(34)39)51-45(53-47)40-27-31-17-5-7-19-33(31)35-21-9-11-23-37(35)40/h1-28,48H,(H,49,50)/b43-28-,48-41?. The summed E-state index contributed by atoms with van der Waals surface area (Å²) < 4.78 is 0. The second-order valence-electron chi connectivity index (χ2n) is 13.1. The maximum Gasteiger partial charge on any atom is 0.199 e. The second kappa shape index (κ2) is 12.5. The van der Waals surface area contributed by atoms with E-state index in [0.29, 0.717) is 29.0 Å². The van der Waals surface area contributed by atoms with Crippen LogP contribution >= 0.6 is 0 Å². The van der Waals surface area contributed by atoms with Crippen molar-refractivity contribution < 1.29 is 0 Å². The molecule has 0 radical (unpaired) electrons. The smallest absolute Gasteiger partial charge is 0.199 e. The number of rotatable bonds is 5. The molecule has 53 heavy (non-hydrogen) atoms. The zero-order chi connectivity index (χ0) is 35.3. The number of aliphatic imine (C=N–C) groups is 1. The lowest BCUT2D eigenvalue weighted by Crippen LogP contribution is -2.29. The number of amidine groups is 1. The van der Waals surface area contributed by atoms with Crippen molar-refractivity contribution in [1.82, 2.24) is 20.3 Å². The third kappa shape index (κ3) is 5.32. The molecular weight excluding hydrogens is 649 g/mol. The van der Waals surface area contributed by atoms with Crippen LogP contribution in [0.2, 0.25) is 0 Å². The molecule has 1 aliphatic rings. The minimum Gasteiger partial charge on any atom is -0.336 e. The van der Waals surface area contributed by atoms with Gasteiger partial charge in [0, 0.05) is 16.7 Å². The van der Waals surface area contributed by atoms with Gasteiger partial charge in [0.05, 0.1) is 17.1 Å². The van der Waals surface area contributed by atoms with Gasteiger partial charge in [0.1, 0.15) is 0 Å². The molecule has 0 fully saturated rings. The van der Waals surface area contributed by atoms with Crippen molar-refractivity contribution in [3.8, 4) is 22.8 Å². The van der Waals surface area contributed by atoms with E-state index < -0.39 is 0 Å². The fraction of sp³-hybridized carbons (Fsp3) is 0. The first-order valence-electron chi connectivity index (χ1n) is 17.6. The number of hydrogen-bond acceptors (Lipinski definition) is 6. The molecule has 0 saturated carbocycles. The molecular formula is C47H30N6. The van der Waals surface area contributed by atoms with Gasteiger partial charge in [-0.3, -0.25) is 0 Å². The molecule has 8 aromatic carbocycles. The molecule has 9 aromatic rings. The monoisotopic (exact) mass is 678 g/mol. The summed E-state index contributed by atoms with van der Waals surface area (Å²) in [5, 5.41) is 21.4. The molecule has 2 N–H and O–H groups in total. The lowest BCUT2D eigenvalue weighted by molar-refractivity contribution is 1.03. The molecule has 0 aliphatic carbocycles. The van der Waals surface area contributed by atoms with E-state index in [1.165, 1.54) is 10.8 Å². The number of fused-ring (bicyclic) bond motifs is 7. The highest BCUT2D eigenvalue weighted by molar-refractivity contribution is 6.16. The van der Waals surface area contributed by atoms with Crippen molar-refractivity contribution in [3.63, 3.8) is 0 Å². The molecule has 0 spiro atoms. The molecule has 248 valence electrons. The highest BCUT2D eigenvalue weighted by Crippen LogP contribution is 2.37. The van der Waals surface area contributed by atoms with Crippen molar-refractivity contribution in [2.45, 2.75) is 0 Å². The Morgan fingerprint density at radius 2 is 0.925 bits per heavy atom. The third-order valence-corrected chi connectivity index (χ3v) is 9.92. The minimum atomic E-state index is 0.381. The molecule has 0 bridgehead atoms. The molecule has 6 heteroatoms. The number of nitrogens with zero attached hydrogens (tertiary/aromatic N) is 4. The highest BCUT2D eigenvalue weighted by atomic mass is 15.1. The number of nitrogens with one attached hydrogen (secondary N) is 2. The van der Waals surface area contributed by atoms with E-state index in [1.807, 2.05) is 60.7 Å². The van der Waals surface area contributed by atoms with Crippen LogP contribution in [0.25, 0.3) is 71.6 Å². The van der Waals surface area contributed by atoms with E-state index in [2.05, 4.69) is 115 Å². The van der Waals surface area contributed by atoms with Crippen LogP contribution in [0.4, 0.5) is 5.69 Å². The average molecular weight is 679 g/mol. The van der Waals surface area contributed by atoms with Gasteiger partial charge < -0.3 is 10.7 Å². The number of para-hydroxylation sites is 1. The Kier molecular flexibility index (Phi) is 7.18. The van der Waals surface area contributed by atoms with E-state index >= 15 is 0 Å². The van der Waals surface area contributed by atoms with Gasteiger partial charge in [-0.05, 0) is 72.9 Å². The lowest BCUT2D eigenvalue weighted by Gasteiger charge is -2.21. The summed E-state index contributed by atoms with van der Waals surface area (Å²) in [6, 6.07) is 55.7. The maximum absolute atomic E-state index is 8.96. The molecule has 0 saturated heterocycles. The van der Waals surface area contributed by atoms with Crippen molar-refractivity contribution in [3.05, 3.63) is 187 Å². The Bertz CT molecular complexity index is 2860. The summed E-state index contributed by atoms with van der Waals surface area (Å²) in [4.78, 5) is 20.8. The Labute approximate surface area is 305 Å². The van der Waals surface area contributed by atoms with Gasteiger partial charge in [0.15, 0.2) is 23.3 Å². The van der Waals surface area contributed by atoms with Gasteiger partial charge in [0.2, 0.25) is 0 Å². The Morgan fingerprint density at radius 3 is 1.53 bits per heavy atom. The van der Waals surface area contributed by atoms with Gasteiger partial charge in [-0.2, -0.15) is 0 Å². The van der Waals surface area contributed by atoms with Crippen molar-refractivity contribution >= 4 is 66.0 Å². The lowest BCUT2D eigenvalue weighted by atomic mass is 9.96. The quantitative estimate of drug-likeness (QED) is 0.140. The number of benzene rings is 8. The van der Waals surface area contributed by atoms with Crippen LogP contribution in [-0.2, 0) is 0 Å². The molecule has 6 nitrogen and oxygen atoms in total. The fourth-order valence-electron chi connectivity index (χ4n) is 7.41. The Balaban J connectivity index is 1.23. The van der Waals surface area contributed by atoms with Crippen LogP contribution in [0.5, 0.6) is 0 Å². The summed E-state index contributed by atoms with van der Waals surface area (Å²) >= 11 is 0. The summed E-state index contributed by atoms with van der Waals surface area (Å²) in [5.41, 5.74) is 5.43. The molecule has 10 rings (SSSR count).